The van der Waals surface area contributed by atoms with Crippen molar-refractivity contribution in [2.24, 2.45) is 0 Å². The van der Waals surface area contributed by atoms with Gasteiger partial charge >= 0.3 is 0 Å². The van der Waals surface area contributed by atoms with Crippen molar-refractivity contribution in [3.63, 3.8) is 0 Å². The molecule has 3 rings (SSSR count). The van der Waals surface area contributed by atoms with Crippen LogP contribution in [0.25, 0.3) is 22.4 Å². The molecule has 1 aromatic heterocycles. The zero-order chi connectivity index (χ0) is 23.1. The summed E-state index contributed by atoms with van der Waals surface area (Å²) in [6, 6.07) is 16.2. The van der Waals surface area contributed by atoms with Gasteiger partial charge in [0, 0.05) is 17.5 Å². The summed E-state index contributed by atoms with van der Waals surface area (Å²) < 4.78 is 2.14. The number of hydrogen-bond acceptors (Lipinski definition) is 3. The molecular formula is C28H28N4. The Morgan fingerprint density at radius 3 is 2.00 bits per heavy atom. The number of rotatable bonds is 10. The molecule has 4 heteroatoms. The van der Waals surface area contributed by atoms with Gasteiger partial charge in [-0.25, -0.2) is 4.98 Å². The maximum Gasteiger partial charge on any atom is 0.141 e. The van der Waals surface area contributed by atoms with Crippen LogP contribution >= 0.6 is 0 Å². The Kier molecular flexibility index (Phi) is 7.08. The molecule has 0 amide bonds. The van der Waals surface area contributed by atoms with Crippen LogP contribution in [0.5, 0.6) is 0 Å². The van der Waals surface area contributed by atoms with Crippen molar-refractivity contribution >= 4 is 11.0 Å². The predicted molar refractivity (Wildman–Crippen MR) is 131 cm³/mol. The Hall–Kier alpha value is -3.89. The van der Waals surface area contributed by atoms with Gasteiger partial charge in [0.05, 0.1) is 22.2 Å². The summed E-state index contributed by atoms with van der Waals surface area (Å²) in [4.78, 5) is 4.84. The van der Waals surface area contributed by atoms with Crippen LogP contribution in [0.4, 0.5) is 0 Å². The smallest absolute Gasteiger partial charge is 0.141 e. The van der Waals surface area contributed by atoms with Gasteiger partial charge in [0.2, 0.25) is 0 Å². The van der Waals surface area contributed by atoms with Crippen LogP contribution < -0.4 is 0 Å². The maximum absolute atomic E-state index is 9.44. The van der Waals surface area contributed by atoms with Crippen molar-refractivity contribution in [1.29, 1.82) is 10.5 Å². The molecule has 0 radical (unpaired) electrons. The topological polar surface area (TPSA) is 65.4 Å². The minimum absolute atomic E-state index is 0.100. The third-order valence-electron chi connectivity index (χ3n) is 5.94. The Morgan fingerprint density at radius 2 is 1.50 bits per heavy atom. The summed E-state index contributed by atoms with van der Waals surface area (Å²) in [6.45, 7) is 14.8. The van der Waals surface area contributed by atoms with Crippen LogP contribution in [-0.4, -0.2) is 9.55 Å². The number of imidazole rings is 1. The molecule has 0 aliphatic heterocycles. The van der Waals surface area contributed by atoms with E-state index >= 15 is 0 Å². The molecule has 32 heavy (non-hydrogen) atoms. The van der Waals surface area contributed by atoms with Gasteiger partial charge in [0.15, 0.2) is 0 Å². The van der Waals surface area contributed by atoms with Gasteiger partial charge in [-0.05, 0) is 43.4 Å². The van der Waals surface area contributed by atoms with E-state index in [0.29, 0.717) is 11.1 Å². The SMILES string of the molecule is C=CCC(CC=C)(CC=C)c1ccc(-c2nc3cc(C#N)c(C#N)cc3n2CCC)cc1. The Morgan fingerprint density at radius 1 is 0.938 bits per heavy atom. The summed E-state index contributed by atoms with van der Waals surface area (Å²) in [7, 11) is 0. The van der Waals surface area contributed by atoms with E-state index in [-0.39, 0.29) is 5.41 Å². The molecule has 0 unspecified atom stereocenters. The van der Waals surface area contributed by atoms with Crippen LogP contribution in [0.3, 0.4) is 0 Å². The monoisotopic (exact) mass is 420 g/mol. The summed E-state index contributed by atoms with van der Waals surface area (Å²) in [5.74, 6) is 0.842. The fraction of sp³-hybridized carbons (Fsp3) is 0.250. The molecule has 2 aromatic carbocycles. The van der Waals surface area contributed by atoms with Gasteiger partial charge in [-0.2, -0.15) is 10.5 Å². The molecule has 0 aliphatic carbocycles. The van der Waals surface area contributed by atoms with E-state index < -0.39 is 0 Å². The average Bonchev–Trinajstić information content (AvgIpc) is 3.16. The molecular weight excluding hydrogens is 392 g/mol. The van der Waals surface area contributed by atoms with Crippen LogP contribution in [-0.2, 0) is 12.0 Å². The first-order valence-corrected chi connectivity index (χ1v) is 10.9. The molecule has 0 N–H and O–H groups in total. The molecule has 160 valence electrons. The van der Waals surface area contributed by atoms with Gasteiger partial charge < -0.3 is 4.57 Å². The van der Waals surface area contributed by atoms with Crippen molar-refractivity contribution in [2.45, 2.75) is 44.6 Å². The molecule has 0 atom stereocenters. The first-order chi connectivity index (χ1) is 15.6. The number of allylic oxidation sites excluding steroid dienone is 3. The lowest BCUT2D eigenvalue weighted by atomic mass is 9.72. The molecule has 0 aliphatic rings. The van der Waals surface area contributed by atoms with Crippen LogP contribution in [0.2, 0.25) is 0 Å². The van der Waals surface area contributed by atoms with Crippen molar-refractivity contribution in [1.82, 2.24) is 9.55 Å². The van der Waals surface area contributed by atoms with Crippen molar-refractivity contribution in [3.8, 4) is 23.5 Å². The normalized spacial score (nSPS) is 11.0. The summed E-state index contributed by atoms with van der Waals surface area (Å²) in [5.41, 5.74) is 4.45. The first kappa shape index (κ1) is 22.8. The quantitative estimate of drug-likeness (QED) is 0.338. The van der Waals surface area contributed by atoms with E-state index in [4.69, 9.17) is 4.98 Å². The number of nitriles is 2. The van der Waals surface area contributed by atoms with E-state index in [2.05, 4.69) is 67.6 Å². The highest BCUT2D eigenvalue weighted by atomic mass is 15.1. The fourth-order valence-electron chi connectivity index (χ4n) is 4.43. The Balaban J connectivity index is 2.14. The number of benzene rings is 2. The standard InChI is InChI=1S/C28H28N4/c1-5-13-28(14-6-2,15-7-3)24-11-9-21(10-12-24)27-31-25-17-22(19-29)23(20-30)18-26(25)32(27)16-8-4/h5-7,9-12,17-18H,1-3,8,13-16H2,4H3. The summed E-state index contributed by atoms with van der Waals surface area (Å²) in [5, 5.41) is 18.8. The molecule has 0 saturated heterocycles. The highest BCUT2D eigenvalue weighted by Gasteiger charge is 2.28. The minimum Gasteiger partial charge on any atom is -0.324 e. The lowest BCUT2D eigenvalue weighted by Gasteiger charge is -2.32. The zero-order valence-electron chi connectivity index (χ0n) is 18.6. The van der Waals surface area contributed by atoms with E-state index in [1.54, 1.807) is 12.1 Å². The second-order valence-corrected chi connectivity index (χ2v) is 8.03. The first-order valence-electron chi connectivity index (χ1n) is 10.9. The number of aromatic nitrogens is 2. The molecule has 1 heterocycles. The largest absolute Gasteiger partial charge is 0.324 e. The molecule has 4 nitrogen and oxygen atoms in total. The molecule has 3 aromatic rings. The van der Waals surface area contributed by atoms with Gasteiger partial charge in [-0.3, -0.25) is 0 Å². The highest BCUT2D eigenvalue weighted by molar-refractivity contribution is 5.84. The molecule has 0 saturated carbocycles. The van der Waals surface area contributed by atoms with Crippen LogP contribution in [0.15, 0.2) is 74.4 Å². The van der Waals surface area contributed by atoms with Gasteiger partial charge in [0.25, 0.3) is 0 Å². The van der Waals surface area contributed by atoms with Crippen molar-refractivity contribution in [3.05, 3.63) is 91.1 Å². The lowest BCUT2D eigenvalue weighted by molar-refractivity contribution is 0.442. The van der Waals surface area contributed by atoms with E-state index in [9.17, 15) is 10.5 Å². The molecule has 0 bridgehead atoms. The summed E-state index contributed by atoms with van der Waals surface area (Å²) >= 11 is 0. The average molecular weight is 421 g/mol. The maximum atomic E-state index is 9.44. The minimum atomic E-state index is -0.100. The van der Waals surface area contributed by atoms with Crippen molar-refractivity contribution in [2.75, 3.05) is 0 Å². The number of nitrogens with zero attached hydrogens (tertiary/aromatic N) is 4. The van der Waals surface area contributed by atoms with Crippen molar-refractivity contribution < 1.29 is 0 Å². The fourth-order valence-corrected chi connectivity index (χ4v) is 4.43. The van der Waals surface area contributed by atoms with Crippen LogP contribution in [0.1, 0.15) is 49.3 Å². The summed E-state index contributed by atoms with van der Waals surface area (Å²) in [6.07, 6.45) is 9.33. The third kappa shape index (κ3) is 4.13. The third-order valence-corrected chi connectivity index (χ3v) is 5.94. The van der Waals surface area contributed by atoms with Crippen LogP contribution in [0, 0.1) is 22.7 Å². The molecule has 0 spiro atoms. The lowest BCUT2D eigenvalue weighted by Crippen LogP contribution is -2.24. The zero-order valence-corrected chi connectivity index (χ0v) is 18.6. The van der Waals surface area contributed by atoms with E-state index in [0.717, 1.165) is 54.6 Å². The van der Waals surface area contributed by atoms with Gasteiger partial charge in [0.1, 0.15) is 18.0 Å². The Bertz CT molecular complexity index is 1200. The Labute approximate surface area is 190 Å². The number of fused-ring (bicyclic) bond motifs is 1. The second kappa shape index (κ2) is 9.94. The highest BCUT2D eigenvalue weighted by Crippen LogP contribution is 2.38. The van der Waals surface area contributed by atoms with Gasteiger partial charge in [-0.15, -0.1) is 19.7 Å². The second-order valence-electron chi connectivity index (χ2n) is 8.03. The number of hydrogen-bond donors (Lipinski definition) is 0. The molecule has 0 fully saturated rings. The number of aryl methyl sites for hydroxylation is 1. The van der Waals surface area contributed by atoms with E-state index in [1.807, 2.05) is 18.2 Å². The van der Waals surface area contributed by atoms with E-state index in [1.165, 1.54) is 5.56 Å². The van der Waals surface area contributed by atoms with Gasteiger partial charge in [-0.1, -0.05) is 49.4 Å². The predicted octanol–water partition coefficient (Wildman–Crippen LogP) is 6.82.